The highest BCUT2D eigenvalue weighted by molar-refractivity contribution is 5.80. The van der Waals surface area contributed by atoms with E-state index in [9.17, 15) is 30.1 Å². The van der Waals surface area contributed by atoms with Crippen LogP contribution in [0.5, 0.6) is 0 Å². The van der Waals surface area contributed by atoms with Gasteiger partial charge in [0.2, 0.25) is 0 Å². The second-order valence-electron chi connectivity index (χ2n) is 4.67. The largest absolute Gasteiger partial charge is 0.474 e. The van der Waals surface area contributed by atoms with E-state index < -0.39 is 28.0 Å². The van der Waals surface area contributed by atoms with Gasteiger partial charge in [-0.05, 0) is 23.6 Å². The number of aliphatic imine (C=N–C) groups is 1. The van der Waals surface area contributed by atoms with Crippen molar-refractivity contribution in [3.63, 3.8) is 0 Å². The van der Waals surface area contributed by atoms with Gasteiger partial charge in [-0.15, -0.1) is 0 Å². The molecule has 0 spiro atoms. The van der Waals surface area contributed by atoms with Crippen molar-refractivity contribution >= 4 is 17.6 Å². The van der Waals surface area contributed by atoms with Crippen molar-refractivity contribution in [1.82, 2.24) is 0 Å². The van der Waals surface area contributed by atoms with Gasteiger partial charge in [-0.1, -0.05) is 18.2 Å². The number of hydrogen-bond acceptors (Lipinski definition) is 6. The lowest BCUT2D eigenvalue weighted by Gasteiger charge is -2.26. The van der Waals surface area contributed by atoms with Crippen LogP contribution in [-0.2, 0) is 4.79 Å². The molecule has 0 bridgehead atoms. The number of guanidine groups is 1. The Morgan fingerprint density at radius 2 is 1.83 bits per heavy atom. The summed E-state index contributed by atoms with van der Waals surface area (Å²) in [4.78, 5) is 36.9. The van der Waals surface area contributed by atoms with Gasteiger partial charge >= 0.3 is 11.6 Å². The van der Waals surface area contributed by atoms with Crippen molar-refractivity contribution in [2.24, 2.45) is 16.5 Å². The number of nitrogens with two attached hydrogens (primary N) is 2. The fourth-order valence-electron chi connectivity index (χ4n) is 2.10. The topological polar surface area (TPSA) is 191 Å². The Kier molecular flexibility index (Phi) is 5.98. The van der Waals surface area contributed by atoms with E-state index in [1.807, 2.05) is 0 Å². The lowest BCUT2D eigenvalue weighted by atomic mass is 10.0. The molecule has 0 unspecified atom stereocenters. The maximum atomic E-state index is 11.6. The monoisotopic (exact) mass is 340 g/mol. The quantitative estimate of drug-likeness (QED) is 0.136. The number of carboxylic acids is 1. The summed E-state index contributed by atoms with van der Waals surface area (Å²) < 4.78 is 0. The molecule has 1 atom stereocenters. The average molecular weight is 340 g/mol. The molecular weight excluding hydrogens is 324 g/mol. The zero-order valence-electron chi connectivity index (χ0n) is 12.4. The maximum Gasteiger partial charge on any atom is 0.444 e. The lowest BCUT2D eigenvalue weighted by Crippen LogP contribution is -2.62. The number of nitrogens with zero attached hydrogens (tertiary/aromatic N) is 4. The van der Waals surface area contributed by atoms with Crippen LogP contribution >= 0.6 is 0 Å². The Morgan fingerprint density at radius 1 is 1.25 bits per heavy atom. The summed E-state index contributed by atoms with van der Waals surface area (Å²) in [5.41, 5.74) is 7.01. The molecular formula is C12H16N6O6. The second-order valence-corrected chi connectivity index (χ2v) is 4.67. The number of anilines is 1. The van der Waals surface area contributed by atoms with Gasteiger partial charge in [-0.2, -0.15) is 0 Å². The Labute approximate surface area is 135 Å². The molecule has 12 nitrogen and oxygen atoms in total. The van der Waals surface area contributed by atoms with E-state index in [4.69, 9.17) is 11.5 Å². The number of aliphatic carboxylic acids is 1. The first-order chi connectivity index (χ1) is 11.2. The molecule has 0 aromatic heterocycles. The number of carboxylic acid groups (broad SMARTS) is 1. The van der Waals surface area contributed by atoms with Crippen LogP contribution in [0.1, 0.15) is 12.8 Å². The lowest BCUT2D eigenvalue weighted by molar-refractivity contribution is -0.625. The van der Waals surface area contributed by atoms with Gasteiger partial charge in [0.25, 0.3) is 0 Å². The van der Waals surface area contributed by atoms with Crippen LogP contribution in [0.4, 0.5) is 5.69 Å². The van der Waals surface area contributed by atoms with Crippen molar-refractivity contribution in [1.29, 1.82) is 0 Å². The van der Waals surface area contributed by atoms with E-state index >= 15 is 0 Å². The number of carbonyl (C=O) groups is 1. The van der Waals surface area contributed by atoms with Gasteiger partial charge in [0.05, 0.1) is 11.3 Å². The minimum Gasteiger partial charge on any atom is -0.474 e. The molecule has 130 valence electrons. The molecule has 0 radical (unpaired) electrons. The van der Waals surface area contributed by atoms with Crippen molar-refractivity contribution in [3.05, 3.63) is 50.6 Å². The highest BCUT2D eigenvalue weighted by atomic mass is 16.7. The zero-order chi connectivity index (χ0) is 18.3. The van der Waals surface area contributed by atoms with E-state index in [1.165, 1.54) is 30.3 Å². The predicted molar refractivity (Wildman–Crippen MR) is 83.2 cm³/mol. The summed E-state index contributed by atoms with van der Waals surface area (Å²) in [6, 6.07) is 6.75. The van der Waals surface area contributed by atoms with Gasteiger partial charge in [0, 0.05) is 6.54 Å². The molecule has 5 N–H and O–H groups in total. The number of para-hydroxylation sites is 1. The average Bonchev–Trinajstić information content (AvgIpc) is 2.49. The molecule has 0 aliphatic heterocycles. The zero-order valence-corrected chi connectivity index (χ0v) is 12.4. The number of benzene rings is 1. The molecule has 24 heavy (non-hydrogen) atoms. The predicted octanol–water partition coefficient (Wildman–Crippen LogP) is -0.204. The molecule has 0 heterocycles. The third-order valence-corrected chi connectivity index (χ3v) is 3.14. The van der Waals surface area contributed by atoms with Crippen LogP contribution in [0.3, 0.4) is 0 Å². The van der Waals surface area contributed by atoms with Crippen molar-refractivity contribution in [2.75, 3.05) is 11.6 Å². The molecule has 0 fully saturated rings. The van der Waals surface area contributed by atoms with Crippen molar-refractivity contribution in [2.45, 2.75) is 18.5 Å². The van der Waals surface area contributed by atoms with Crippen LogP contribution < -0.4 is 16.5 Å². The van der Waals surface area contributed by atoms with Crippen LogP contribution in [0, 0.1) is 20.2 Å². The highest BCUT2D eigenvalue weighted by Gasteiger charge is 2.63. The van der Waals surface area contributed by atoms with E-state index in [1.54, 1.807) is 0 Å². The molecule has 12 heteroatoms. The maximum absolute atomic E-state index is 11.6. The molecule has 0 saturated carbocycles. The molecule has 0 amide bonds. The smallest absolute Gasteiger partial charge is 0.444 e. The highest BCUT2D eigenvalue weighted by Crippen LogP contribution is 2.29. The van der Waals surface area contributed by atoms with Crippen LogP contribution in [0.25, 0.3) is 0 Å². The fraction of sp³-hybridized carbons (Fsp3) is 0.333. The number of nitro groups is 2. The molecule has 1 aromatic rings. The summed E-state index contributed by atoms with van der Waals surface area (Å²) in [5, 5.41) is 31.2. The Hall–Kier alpha value is -3.44. The molecule has 0 aliphatic rings. The van der Waals surface area contributed by atoms with E-state index in [-0.39, 0.29) is 29.6 Å². The minimum absolute atomic E-state index is 0.0326. The summed E-state index contributed by atoms with van der Waals surface area (Å²) in [5.74, 6) is -2.23. The van der Waals surface area contributed by atoms with Gasteiger partial charge in [-0.3, -0.25) is 15.1 Å². The Morgan fingerprint density at radius 3 is 2.25 bits per heavy atom. The standard InChI is InChI=1S/C12H16N6O6/c13-11(14)15-8-4-7-12(10(19)20,17(21)22)16(18(23)24)9-5-2-1-3-6-9/h1-3,5-6H,4,7-8H2,(H,19,20)(H4,13,14,15)/t12-/m1/s1. The Balaban J connectivity index is 3.32. The number of hydrazine groups is 1. The van der Waals surface area contributed by atoms with Crippen LogP contribution in [0.2, 0.25) is 0 Å². The van der Waals surface area contributed by atoms with Crippen LogP contribution in [0.15, 0.2) is 35.3 Å². The third kappa shape index (κ3) is 3.85. The molecule has 0 saturated heterocycles. The SMILES string of the molecule is NC(N)=NCCC[C@@](C(=O)O)(N(c1ccccc1)[N+](=O)[O-])[N+](=O)[O-]. The second kappa shape index (κ2) is 7.71. The number of rotatable bonds is 9. The summed E-state index contributed by atoms with van der Waals surface area (Å²) in [7, 11) is 0. The van der Waals surface area contributed by atoms with E-state index in [0.29, 0.717) is 0 Å². The summed E-state index contributed by atoms with van der Waals surface area (Å²) in [6.45, 7) is -0.106. The van der Waals surface area contributed by atoms with Gasteiger partial charge in [0.15, 0.2) is 11.0 Å². The third-order valence-electron chi connectivity index (χ3n) is 3.14. The number of hydrogen-bond donors (Lipinski definition) is 3. The Bertz CT molecular complexity index is 631. The summed E-state index contributed by atoms with van der Waals surface area (Å²) >= 11 is 0. The fourth-order valence-corrected chi connectivity index (χ4v) is 2.10. The van der Waals surface area contributed by atoms with Crippen molar-refractivity contribution < 1.29 is 19.9 Å². The van der Waals surface area contributed by atoms with E-state index in [0.717, 1.165) is 0 Å². The van der Waals surface area contributed by atoms with Crippen molar-refractivity contribution in [3.8, 4) is 0 Å². The van der Waals surface area contributed by atoms with Gasteiger partial charge < -0.3 is 16.6 Å². The minimum atomic E-state index is -3.00. The van der Waals surface area contributed by atoms with Gasteiger partial charge in [0.1, 0.15) is 5.69 Å². The van der Waals surface area contributed by atoms with Gasteiger partial charge in [-0.25, -0.2) is 14.9 Å². The molecule has 0 aliphatic carbocycles. The first kappa shape index (κ1) is 18.6. The molecule has 1 aromatic carbocycles. The van der Waals surface area contributed by atoms with E-state index in [2.05, 4.69) is 4.99 Å². The normalized spacial score (nSPS) is 12.7. The summed E-state index contributed by atoms with van der Waals surface area (Å²) in [6.07, 6.45) is -0.829. The first-order valence-electron chi connectivity index (χ1n) is 6.66. The molecule has 1 rings (SSSR count). The van der Waals surface area contributed by atoms with Crippen LogP contribution in [-0.4, -0.2) is 39.2 Å². The first-order valence-corrected chi connectivity index (χ1v) is 6.66.